The molecular weight excluding hydrogens is 296 g/mol. The summed E-state index contributed by atoms with van der Waals surface area (Å²) in [6.07, 6.45) is 4.11. The van der Waals surface area contributed by atoms with Crippen molar-refractivity contribution in [2.75, 3.05) is 0 Å². The van der Waals surface area contributed by atoms with Gasteiger partial charge in [0.05, 0.1) is 12.0 Å². The van der Waals surface area contributed by atoms with E-state index in [4.69, 9.17) is 4.42 Å². The second-order valence-corrected chi connectivity index (χ2v) is 5.75. The maximum Gasteiger partial charge on any atom is 0.336 e. The summed E-state index contributed by atoms with van der Waals surface area (Å²) in [6.45, 7) is -3.20. The molecule has 5 nitrogen and oxygen atoms in total. The third-order valence-electron chi connectivity index (χ3n) is 4.08. The fourth-order valence-corrected chi connectivity index (χ4v) is 2.82. The Hall–Kier alpha value is -2.05. The maximum absolute atomic E-state index is 12.9. The third kappa shape index (κ3) is 2.80. The van der Waals surface area contributed by atoms with Crippen LogP contribution >= 0.6 is 0 Å². The number of imide groups is 1. The minimum Gasteiger partial charge on any atom is -0.426 e. The van der Waals surface area contributed by atoms with Crippen molar-refractivity contribution in [3.63, 3.8) is 0 Å². The van der Waals surface area contributed by atoms with E-state index in [1.165, 1.54) is 18.9 Å². The van der Waals surface area contributed by atoms with E-state index in [0.717, 1.165) is 12.8 Å². The Morgan fingerprint density at radius 1 is 1.27 bits per heavy atom. The van der Waals surface area contributed by atoms with E-state index in [-0.39, 0.29) is 16.2 Å². The zero-order valence-corrected chi connectivity index (χ0v) is 11.8. The lowest BCUT2D eigenvalue weighted by molar-refractivity contribution is -0.139. The van der Waals surface area contributed by atoms with Gasteiger partial charge in [-0.25, -0.2) is 9.69 Å². The second kappa shape index (κ2) is 5.62. The number of amides is 2. The van der Waals surface area contributed by atoms with Gasteiger partial charge in [-0.3, -0.25) is 9.59 Å². The van der Waals surface area contributed by atoms with Gasteiger partial charge in [-0.1, -0.05) is 19.3 Å². The molecular formula is C15H15F2NO4. The SMILES string of the molecule is O=C1Cc2oc(=O)cc(CCCC3CC3)c2C(=O)N1C(F)F. The molecule has 0 bridgehead atoms. The van der Waals surface area contributed by atoms with Gasteiger partial charge in [-0.15, -0.1) is 0 Å². The topological polar surface area (TPSA) is 67.6 Å². The molecule has 0 saturated heterocycles. The minimum absolute atomic E-state index is 0.0460. The molecule has 0 aromatic carbocycles. The molecule has 22 heavy (non-hydrogen) atoms. The van der Waals surface area contributed by atoms with Crippen LogP contribution in [0.25, 0.3) is 0 Å². The number of carbonyl (C=O) groups is 2. The van der Waals surface area contributed by atoms with Crippen molar-refractivity contribution in [1.29, 1.82) is 0 Å². The smallest absolute Gasteiger partial charge is 0.336 e. The highest BCUT2D eigenvalue weighted by molar-refractivity contribution is 6.09. The van der Waals surface area contributed by atoms with Gasteiger partial charge in [-0.05, 0) is 24.3 Å². The number of halogens is 2. The minimum atomic E-state index is -3.20. The van der Waals surface area contributed by atoms with Crippen LogP contribution < -0.4 is 5.63 Å². The van der Waals surface area contributed by atoms with Crippen LogP contribution in [0.15, 0.2) is 15.3 Å². The van der Waals surface area contributed by atoms with E-state index in [1.54, 1.807) is 0 Å². The summed E-state index contributed by atoms with van der Waals surface area (Å²) in [4.78, 5) is 35.3. The van der Waals surface area contributed by atoms with Crippen molar-refractivity contribution in [3.8, 4) is 0 Å². The van der Waals surface area contributed by atoms with Crippen molar-refractivity contribution in [3.05, 3.63) is 33.4 Å². The lowest BCUT2D eigenvalue weighted by Crippen LogP contribution is -2.46. The van der Waals surface area contributed by atoms with E-state index < -0.39 is 30.4 Å². The average Bonchev–Trinajstić information content (AvgIpc) is 3.21. The number of nitrogens with zero attached hydrogens (tertiary/aromatic N) is 1. The summed E-state index contributed by atoms with van der Waals surface area (Å²) in [5, 5.41) is 0. The molecule has 7 heteroatoms. The van der Waals surface area contributed by atoms with Crippen LogP contribution in [-0.2, 0) is 17.6 Å². The van der Waals surface area contributed by atoms with Crippen LogP contribution in [-0.4, -0.2) is 23.3 Å². The zero-order valence-electron chi connectivity index (χ0n) is 11.8. The molecule has 1 aliphatic carbocycles. The van der Waals surface area contributed by atoms with Crippen LogP contribution in [0.5, 0.6) is 0 Å². The molecule has 1 aromatic rings. The van der Waals surface area contributed by atoms with Gasteiger partial charge in [0.2, 0.25) is 5.91 Å². The predicted octanol–water partition coefficient (Wildman–Crippen LogP) is 2.12. The van der Waals surface area contributed by atoms with Crippen LogP contribution in [0.1, 0.15) is 47.4 Å². The number of aryl methyl sites for hydroxylation is 1. The number of alkyl halides is 2. The average molecular weight is 311 g/mol. The van der Waals surface area contributed by atoms with Gasteiger partial charge in [-0.2, -0.15) is 8.78 Å². The van der Waals surface area contributed by atoms with Crippen LogP contribution in [0.3, 0.4) is 0 Å². The van der Waals surface area contributed by atoms with Crippen LogP contribution in [0, 0.1) is 5.92 Å². The first-order valence-electron chi connectivity index (χ1n) is 7.28. The Kier molecular flexibility index (Phi) is 3.80. The molecule has 1 aromatic heterocycles. The van der Waals surface area contributed by atoms with Gasteiger partial charge in [0.1, 0.15) is 5.76 Å². The second-order valence-electron chi connectivity index (χ2n) is 5.75. The van der Waals surface area contributed by atoms with Gasteiger partial charge in [0.25, 0.3) is 5.91 Å². The van der Waals surface area contributed by atoms with Crippen molar-refractivity contribution >= 4 is 11.8 Å². The summed E-state index contributed by atoms with van der Waals surface area (Å²) < 4.78 is 30.6. The predicted molar refractivity (Wildman–Crippen MR) is 71.5 cm³/mol. The van der Waals surface area contributed by atoms with Gasteiger partial charge in [0.15, 0.2) is 0 Å². The lowest BCUT2D eigenvalue weighted by atomic mass is 9.96. The van der Waals surface area contributed by atoms with E-state index in [2.05, 4.69) is 0 Å². The normalized spacial score (nSPS) is 18.0. The molecule has 3 rings (SSSR count). The first-order chi connectivity index (χ1) is 10.5. The van der Waals surface area contributed by atoms with Crippen molar-refractivity contribution in [1.82, 2.24) is 4.90 Å². The van der Waals surface area contributed by atoms with E-state index in [1.807, 2.05) is 0 Å². The molecule has 1 fully saturated rings. The number of carbonyl (C=O) groups excluding carboxylic acids is 2. The molecule has 1 saturated carbocycles. The van der Waals surface area contributed by atoms with Gasteiger partial charge >= 0.3 is 12.2 Å². The fourth-order valence-electron chi connectivity index (χ4n) is 2.82. The largest absolute Gasteiger partial charge is 0.426 e. The number of hydrogen-bond donors (Lipinski definition) is 0. The van der Waals surface area contributed by atoms with Crippen molar-refractivity contribution in [2.24, 2.45) is 5.92 Å². The zero-order chi connectivity index (χ0) is 15.9. The third-order valence-corrected chi connectivity index (χ3v) is 4.08. The Bertz CT molecular complexity index is 679. The van der Waals surface area contributed by atoms with Gasteiger partial charge in [0, 0.05) is 6.07 Å². The standard InChI is InChI=1S/C15H15F2NO4/c16-15(17)18-11(19)7-10-13(14(18)21)9(6-12(20)22-10)3-1-2-8-4-5-8/h6,8,15H,1-5,7H2. The van der Waals surface area contributed by atoms with Gasteiger partial charge < -0.3 is 4.42 Å². The molecule has 0 N–H and O–H groups in total. The quantitative estimate of drug-likeness (QED) is 0.617. The first kappa shape index (κ1) is 14.9. The number of rotatable bonds is 5. The molecule has 0 atom stereocenters. The fraction of sp³-hybridized carbons (Fsp3) is 0.533. The highest BCUT2D eigenvalue weighted by atomic mass is 19.3. The molecule has 0 unspecified atom stereocenters. The number of fused-ring (bicyclic) bond motifs is 1. The summed E-state index contributed by atoms with van der Waals surface area (Å²) in [5.74, 6) is -1.52. The van der Waals surface area contributed by atoms with Crippen molar-refractivity contribution in [2.45, 2.75) is 45.1 Å². The summed E-state index contributed by atoms with van der Waals surface area (Å²) in [6, 6.07) is 1.17. The van der Waals surface area contributed by atoms with Crippen LogP contribution in [0.4, 0.5) is 8.78 Å². The van der Waals surface area contributed by atoms with Crippen molar-refractivity contribution < 1.29 is 22.8 Å². The summed E-state index contributed by atoms with van der Waals surface area (Å²) >= 11 is 0. The Labute approximate surface area is 124 Å². The summed E-state index contributed by atoms with van der Waals surface area (Å²) in [7, 11) is 0. The Balaban J connectivity index is 1.92. The van der Waals surface area contributed by atoms with E-state index in [9.17, 15) is 23.2 Å². The maximum atomic E-state index is 12.9. The Morgan fingerprint density at radius 2 is 2.00 bits per heavy atom. The lowest BCUT2D eigenvalue weighted by Gasteiger charge is -2.26. The monoisotopic (exact) mass is 311 g/mol. The van der Waals surface area contributed by atoms with E-state index in [0.29, 0.717) is 17.9 Å². The van der Waals surface area contributed by atoms with Crippen LogP contribution in [0.2, 0.25) is 0 Å². The van der Waals surface area contributed by atoms with E-state index >= 15 is 0 Å². The highest BCUT2D eigenvalue weighted by Crippen LogP contribution is 2.34. The molecule has 1 aliphatic heterocycles. The molecule has 2 aliphatic rings. The molecule has 0 spiro atoms. The molecule has 2 amide bonds. The molecule has 2 heterocycles. The first-order valence-corrected chi connectivity index (χ1v) is 7.28. The molecule has 0 radical (unpaired) electrons. The highest BCUT2D eigenvalue weighted by Gasteiger charge is 2.39. The molecule has 118 valence electrons. The number of hydrogen-bond acceptors (Lipinski definition) is 4. The Morgan fingerprint density at radius 3 is 2.64 bits per heavy atom. The summed E-state index contributed by atoms with van der Waals surface area (Å²) in [5.41, 5.74) is -0.309.